The zero-order valence-electron chi connectivity index (χ0n) is 22.4. The van der Waals surface area contributed by atoms with E-state index in [1.807, 2.05) is 31.2 Å². The third kappa shape index (κ3) is 10.6. The van der Waals surface area contributed by atoms with Crippen molar-refractivity contribution in [2.24, 2.45) is 0 Å². The molecule has 0 bridgehead atoms. The minimum absolute atomic E-state index is 0.00189. The van der Waals surface area contributed by atoms with Crippen molar-refractivity contribution in [2.75, 3.05) is 0 Å². The third-order valence-electron chi connectivity index (χ3n) is 6.50. The molecule has 0 saturated heterocycles. The number of nitrogens with zero attached hydrogens (tertiary/aromatic N) is 1. The Labute approximate surface area is 213 Å². The zero-order valence-corrected chi connectivity index (χ0v) is 22.4. The monoisotopic (exact) mass is 475 g/mol. The van der Waals surface area contributed by atoms with E-state index in [1.165, 1.54) is 55.2 Å². The minimum Gasteiger partial charge on any atom is -0.434 e. The number of oxazole rings is 1. The summed E-state index contributed by atoms with van der Waals surface area (Å²) in [5.74, 6) is 0.899. The van der Waals surface area contributed by atoms with Gasteiger partial charge >= 0.3 is 0 Å². The molecule has 0 N–H and O–H groups in total. The molecule has 1 aromatic heterocycles. The van der Waals surface area contributed by atoms with Crippen molar-refractivity contribution in [1.82, 2.24) is 4.98 Å². The molecule has 1 aromatic carbocycles. The molecule has 0 aliphatic heterocycles. The maximum atomic E-state index is 12.6. The van der Waals surface area contributed by atoms with E-state index in [0.717, 1.165) is 37.7 Å². The molecular weight excluding hydrogens is 430 g/mol. The average molecular weight is 476 g/mol. The molecule has 0 atom stereocenters. The molecule has 2 rings (SSSR count). The van der Waals surface area contributed by atoms with E-state index in [0.29, 0.717) is 12.2 Å². The zero-order chi connectivity index (χ0) is 25.3. The van der Waals surface area contributed by atoms with Crippen LogP contribution in [0.1, 0.15) is 119 Å². The normalized spacial score (nSPS) is 12.6. The van der Waals surface area contributed by atoms with Crippen LogP contribution in [-0.4, -0.2) is 10.8 Å². The van der Waals surface area contributed by atoms with Crippen LogP contribution in [0.25, 0.3) is 5.57 Å². The van der Waals surface area contributed by atoms with Crippen molar-refractivity contribution >= 4 is 11.4 Å². The molecule has 1 heterocycles. The molecule has 190 valence electrons. The number of allylic oxidation sites excluding steroid dienone is 6. The molecule has 0 aliphatic carbocycles. The molecule has 2 aromatic rings. The van der Waals surface area contributed by atoms with Gasteiger partial charge in [-0.3, -0.25) is 4.79 Å². The Hall–Kier alpha value is -2.68. The largest absolute Gasteiger partial charge is 0.434 e. The first-order chi connectivity index (χ1) is 17.1. The van der Waals surface area contributed by atoms with Gasteiger partial charge in [-0.05, 0) is 63.5 Å². The fourth-order valence-corrected chi connectivity index (χ4v) is 4.19. The predicted octanol–water partition coefficient (Wildman–Crippen LogP) is 9.49. The highest BCUT2D eigenvalue weighted by Gasteiger charge is 2.15. The summed E-state index contributed by atoms with van der Waals surface area (Å²) in [6, 6.07) is 9.09. The molecule has 0 spiro atoms. The molecule has 0 fully saturated rings. The van der Waals surface area contributed by atoms with Crippen LogP contribution in [0.2, 0.25) is 0 Å². The number of aromatic nitrogens is 1. The van der Waals surface area contributed by atoms with Crippen LogP contribution in [0.3, 0.4) is 0 Å². The molecule has 0 amide bonds. The number of benzene rings is 1. The molecular formula is C32H45NO2. The average Bonchev–Trinajstić information content (AvgIpc) is 3.36. The standard InChI is InChI=1S/C32H45NO2/c1-5-8-10-14-18-27-20-17-21-28(24-27)19-15-11-12-16-23-30(34)32-33-25-31(35-32)29(26(4)7-3)22-13-9-6-2/h6,9,13,17,20-22,24-25H,5,7-8,10-12,14-16,18-19,23H2,1-4H3/b9-6-,22-13-,29-26-. The number of aryl methyl sites for hydroxylation is 2. The van der Waals surface area contributed by atoms with Crippen LogP contribution in [-0.2, 0) is 12.8 Å². The topological polar surface area (TPSA) is 43.1 Å². The molecule has 0 saturated carbocycles. The number of rotatable bonds is 17. The van der Waals surface area contributed by atoms with Gasteiger partial charge in [-0.1, -0.05) is 100 Å². The first-order valence-electron chi connectivity index (χ1n) is 13.6. The maximum absolute atomic E-state index is 12.6. The van der Waals surface area contributed by atoms with Crippen LogP contribution in [0, 0.1) is 0 Å². The first kappa shape index (κ1) is 28.6. The summed E-state index contributed by atoms with van der Waals surface area (Å²) in [5.41, 5.74) is 5.13. The van der Waals surface area contributed by atoms with Crippen LogP contribution in [0.5, 0.6) is 0 Å². The van der Waals surface area contributed by atoms with Crippen LogP contribution >= 0.6 is 0 Å². The first-order valence-corrected chi connectivity index (χ1v) is 13.6. The number of ketones is 1. The Balaban J connectivity index is 1.74. The van der Waals surface area contributed by atoms with Crippen molar-refractivity contribution in [3.63, 3.8) is 0 Å². The molecule has 0 radical (unpaired) electrons. The van der Waals surface area contributed by atoms with Crippen molar-refractivity contribution in [2.45, 2.75) is 105 Å². The summed E-state index contributed by atoms with van der Waals surface area (Å²) in [7, 11) is 0. The smallest absolute Gasteiger partial charge is 0.263 e. The van der Waals surface area contributed by atoms with Crippen LogP contribution in [0.15, 0.2) is 64.8 Å². The van der Waals surface area contributed by atoms with E-state index in [1.54, 1.807) is 6.20 Å². The number of unbranched alkanes of at least 4 members (excludes halogenated alkanes) is 6. The Morgan fingerprint density at radius 2 is 1.63 bits per heavy atom. The summed E-state index contributed by atoms with van der Waals surface area (Å²) in [6.07, 6.45) is 22.9. The van der Waals surface area contributed by atoms with Crippen molar-refractivity contribution < 1.29 is 9.21 Å². The Bertz CT molecular complexity index is 977. The van der Waals surface area contributed by atoms with Gasteiger partial charge < -0.3 is 4.42 Å². The Morgan fingerprint density at radius 1 is 0.943 bits per heavy atom. The van der Waals surface area contributed by atoms with Crippen molar-refractivity contribution in [3.8, 4) is 0 Å². The summed E-state index contributed by atoms with van der Waals surface area (Å²) >= 11 is 0. The minimum atomic E-state index is -0.00189. The van der Waals surface area contributed by atoms with E-state index < -0.39 is 0 Å². The molecule has 3 heteroatoms. The number of hydrogen-bond donors (Lipinski definition) is 0. The van der Waals surface area contributed by atoms with Crippen molar-refractivity contribution in [1.29, 1.82) is 0 Å². The lowest BCUT2D eigenvalue weighted by Crippen LogP contribution is -1.99. The van der Waals surface area contributed by atoms with Gasteiger partial charge in [-0.2, -0.15) is 0 Å². The van der Waals surface area contributed by atoms with Gasteiger partial charge in [0.15, 0.2) is 5.76 Å². The van der Waals surface area contributed by atoms with E-state index in [9.17, 15) is 4.79 Å². The summed E-state index contributed by atoms with van der Waals surface area (Å²) < 4.78 is 5.86. The fourth-order valence-electron chi connectivity index (χ4n) is 4.19. The second-order valence-electron chi connectivity index (χ2n) is 9.43. The summed E-state index contributed by atoms with van der Waals surface area (Å²) in [4.78, 5) is 16.9. The Morgan fingerprint density at radius 3 is 2.29 bits per heavy atom. The van der Waals surface area contributed by atoms with Crippen LogP contribution in [0.4, 0.5) is 0 Å². The van der Waals surface area contributed by atoms with Gasteiger partial charge in [0, 0.05) is 12.0 Å². The molecule has 3 nitrogen and oxygen atoms in total. The van der Waals surface area contributed by atoms with E-state index in [2.05, 4.69) is 50.0 Å². The quantitative estimate of drug-likeness (QED) is 0.130. The third-order valence-corrected chi connectivity index (χ3v) is 6.50. The van der Waals surface area contributed by atoms with Crippen molar-refractivity contribution in [3.05, 3.63) is 83.1 Å². The molecule has 0 aliphatic rings. The summed E-state index contributed by atoms with van der Waals surface area (Å²) in [6.45, 7) is 8.45. The van der Waals surface area contributed by atoms with Crippen LogP contribution < -0.4 is 0 Å². The second-order valence-corrected chi connectivity index (χ2v) is 9.43. The Kier molecular flexibility index (Phi) is 13.8. The van der Waals surface area contributed by atoms with Gasteiger partial charge in [0.1, 0.15) is 0 Å². The van der Waals surface area contributed by atoms with Gasteiger partial charge in [-0.25, -0.2) is 4.98 Å². The van der Waals surface area contributed by atoms with E-state index >= 15 is 0 Å². The van der Waals surface area contributed by atoms with Gasteiger partial charge in [0.05, 0.1) is 6.20 Å². The lowest BCUT2D eigenvalue weighted by atomic mass is 10.0. The van der Waals surface area contributed by atoms with E-state index in [-0.39, 0.29) is 11.7 Å². The van der Waals surface area contributed by atoms with Gasteiger partial charge in [0.2, 0.25) is 5.78 Å². The lowest BCUT2D eigenvalue weighted by molar-refractivity contribution is 0.0945. The maximum Gasteiger partial charge on any atom is 0.263 e. The fraction of sp³-hybridized carbons (Fsp3) is 0.500. The number of carbonyl (C=O) groups is 1. The number of carbonyl (C=O) groups excluding carboxylic acids is 1. The lowest BCUT2D eigenvalue weighted by Gasteiger charge is -2.06. The van der Waals surface area contributed by atoms with Gasteiger partial charge in [-0.15, -0.1) is 0 Å². The predicted molar refractivity (Wildman–Crippen MR) is 149 cm³/mol. The molecule has 0 unspecified atom stereocenters. The van der Waals surface area contributed by atoms with Gasteiger partial charge in [0.25, 0.3) is 5.89 Å². The second kappa shape index (κ2) is 16.9. The van der Waals surface area contributed by atoms with E-state index in [4.69, 9.17) is 4.42 Å². The summed E-state index contributed by atoms with van der Waals surface area (Å²) in [5, 5.41) is 0. The highest BCUT2D eigenvalue weighted by molar-refractivity contribution is 5.92. The number of Topliss-reactive ketones (excluding diaryl/α,β-unsaturated/α-hetero) is 1. The number of hydrogen-bond acceptors (Lipinski definition) is 3. The highest BCUT2D eigenvalue weighted by atomic mass is 16.4. The SMILES string of the molecule is C\C=C/C=C\C(=C(/C)CC)c1cnc(C(=O)CCCCCCc2cccc(CCCCCC)c2)o1. The molecule has 35 heavy (non-hydrogen) atoms. The highest BCUT2D eigenvalue weighted by Crippen LogP contribution is 2.24.